The van der Waals surface area contributed by atoms with Crippen LogP contribution in [0.25, 0.3) is 0 Å². The molecule has 2 aromatic carbocycles. The summed E-state index contributed by atoms with van der Waals surface area (Å²) in [6, 6.07) is 18.1. The highest BCUT2D eigenvalue weighted by atomic mass is 32.2. The molecule has 29 heavy (non-hydrogen) atoms. The Labute approximate surface area is 171 Å². The summed E-state index contributed by atoms with van der Waals surface area (Å²) in [4.78, 5) is 11.6. The molecule has 0 unspecified atom stereocenters. The molecule has 2 N–H and O–H groups in total. The number of nitrogens with zero attached hydrogens (tertiary/aromatic N) is 1. The maximum absolute atomic E-state index is 12.6. The fraction of sp³-hybridized carbons (Fsp3) is 0.227. The zero-order valence-electron chi connectivity index (χ0n) is 16.6. The van der Waals surface area contributed by atoms with Crippen LogP contribution >= 0.6 is 0 Å². The van der Waals surface area contributed by atoms with E-state index < -0.39 is 10.0 Å². The first-order valence-electron chi connectivity index (χ1n) is 9.47. The molecule has 152 valence electrons. The molecule has 0 radical (unpaired) electrons. The fourth-order valence-corrected chi connectivity index (χ4v) is 3.95. The van der Waals surface area contributed by atoms with Crippen molar-refractivity contribution in [2.24, 2.45) is 0 Å². The van der Waals surface area contributed by atoms with Gasteiger partial charge >= 0.3 is 0 Å². The minimum atomic E-state index is -3.66. The molecule has 0 aliphatic carbocycles. The molecule has 7 heteroatoms. The zero-order chi connectivity index (χ0) is 20.9. The van der Waals surface area contributed by atoms with Crippen molar-refractivity contribution in [1.29, 1.82) is 0 Å². The van der Waals surface area contributed by atoms with Gasteiger partial charge in [-0.3, -0.25) is 4.79 Å². The third kappa shape index (κ3) is 5.34. The Morgan fingerprint density at radius 2 is 1.72 bits per heavy atom. The highest BCUT2D eigenvalue weighted by molar-refractivity contribution is 7.89. The lowest BCUT2D eigenvalue weighted by Gasteiger charge is -2.13. The van der Waals surface area contributed by atoms with E-state index in [2.05, 4.69) is 29.1 Å². The van der Waals surface area contributed by atoms with Gasteiger partial charge in [-0.2, -0.15) is 0 Å². The number of nitrogens with one attached hydrogen (secondary N) is 2. The first-order chi connectivity index (χ1) is 13.9. The summed E-state index contributed by atoms with van der Waals surface area (Å²) in [5.41, 5.74) is 3.84. The molecule has 3 rings (SSSR count). The molecule has 0 saturated heterocycles. The quantitative estimate of drug-likeness (QED) is 0.593. The van der Waals surface area contributed by atoms with E-state index in [1.807, 2.05) is 35.0 Å². The number of carbonyl (C=O) groups is 1. The molecule has 0 atom stereocenters. The van der Waals surface area contributed by atoms with Gasteiger partial charge in [0.05, 0.1) is 11.4 Å². The van der Waals surface area contributed by atoms with Gasteiger partial charge in [0.2, 0.25) is 15.9 Å². The first kappa shape index (κ1) is 20.8. The fourth-order valence-electron chi connectivity index (χ4n) is 2.95. The molecular weight excluding hydrogens is 386 g/mol. The maximum atomic E-state index is 12.6. The van der Waals surface area contributed by atoms with Crippen LogP contribution in [0.3, 0.4) is 0 Å². The molecule has 6 nitrogen and oxygen atoms in total. The minimum absolute atomic E-state index is 0.117. The highest BCUT2D eigenvalue weighted by Gasteiger charge is 2.15. The van der Waals surface area contributed by atoms with E-state index in [1.165, 1.54) is 23.3 Å². The van der Waals surface area contributed by atoms with Gasteiger partial charge in [-0.25, -0.2) is 13.1 Å². The topological polar surface area (TPSA) is 80.2 Å². The predicted octanol–water partition coefficient (Wildman–Crippen LogP) is 3.67. The van der Waals surface area contributed by atoms with Gasteiger partial charge in [0.25, 0.3) is 0 Å². The normalized spacial score (nSPS) is 11.4. The molecule has 1 amide bonds. The summed E-state index contributed by atoms with van der Waals surface area (Å²) in [7, 11) is -3.66. The monoisotopic (exact) mass is 411 g/mol. The second kappa shape index (κ2) is 9.07. The third-order valence-corrected chi connectivity index (χ3v) is 6.16. The number of benzene rings is 2. The Morgan fingerprint density at radius 1 is 1.00 bits per heavy atom. The third-order valence-electron chi connectivity index (χ3n) is 4.74. The average molecular weight is 412 g/mol. The Hall–Kier alpha value is -2.90. The number of aromatic nitrogens is 1. The minimum Gasteiger partial charge on any atom is -0.346 e. The van der Waals surface area contributed by atoms with Crippen LogP contribution < -0.4 is 10.0 Å². The number of sulfonamides is 1. The number of aryl methyl sites for hydroxylation is 1. The first-order valence-corrected chi connectivity index (χ1v) is 11.0. The van der Waals surface area contributed by atoms with Crippen LogP contribution in [0.2, 0.25) is 0 Å². The zero-order valence-corrected chi connectivity index (χ0v) is 17.4. The summed E-state index contributed by atoms with van der Waals surface area (Å²) in [5, 5.41) is 2.70. The van der Waals surface area contributed by atoms with Crippen molar-refractivity contribution in [3.05, 3.63) is 83.7 Å². The van der Waals surface area contributed by atoms with E-state index in [4.69, 9.17) is 0 Å². The van der Waals surface area contributed by atoms with Gasteiger partial charge in [0, 0.05) is 30.5 Å². The van der Waals surface area contributed by atoms with E-state index >= 15 is 0 Å². The SMILES string of the molecule is CCC(=O)Nc1ccc(S(=O)(=O)NCc2cccn2Cc2ccccc2C)cc1. The highest BCUT2D eigenvalue weighted by Crippen LogP contribution is 2.16. The lowest BCUT2D eigenvalue weighted by Crippen LogP contribution is -2.24. The van der Waals surface area contributed by atoms with E-state index in [-0.39, 0.29) is 17.3 Å². The predicted molar refractivity (Wildman–Crippen MR) is 114 cm³/mol. The van der Waals surface area contributed by atoms with Crippen LogP contribution in [0, 0.1) is 6.92 Å². The number of rotatable bonds is 8. The molecule has 0 aliphatic rings. The van der Waals surface area contributed by atoms with Crippen LogP contribution in [0.1, 0.15) is 30.2 Å². The van der Waals surface area contributed by atoms with Crippen LogP contribution in [0.15, 0.2) is 71.8 Å². The summed E-state index contributed by atoms with van der Waals surface area (Å²) >= 11 is 0. The largest absolute Gasteiger partial charge is 0.346 e. The number of carbonyl (C=O) groups excluding carboxylic acids is 1. The second-order valence-electron chi connectivity index (χ2n) is 6.80. The summed E-state index contributed by atoms with van der Waals surface area (Å²) in [6.07, 6.45) is 2.31. The van der Waals surface area contributed by atoms with E-state index in [0.717, 1.165) is 5.69 Å². The molecule has 0 bridgehead atoms. The molecule has 1 heterocycles. The summed E-state index contributed by atoms with van der Waals surface area (Å²) < 4.78 is 30.0. The molecule has 1 aromatic heterocycles. The van der Waals surface area contributed by atoms with Gasteiger partial charge in [-0.05, 0) is 54.4 Å². The second-order valence-corrected chi connectivity index (χ2v) is 8.57. The van der Waals surface area contributed by atoms with Crippen molar-refractivity contribution in [1.82, 2.24) is 9.29 Å². The molecule has 3 aromatic rings. The van der Waals surface area contributed by atoms with Gasteiger partial charge in [-0.15, -0.1) is 0 Å². The van der Waals surface area contributed by atoms with Crippen molar-refractivity contribution in [3.8, 4) is 0 Å². The Kier molecular flexibility index (Phi) is 6.51. The molecule has 0 saturated carbocycles. The van der Waals surface area contributed by atoms with Gasteiger partial charge in [0.1, 0.15) is 0 Å². The Balaban J connectivity index is 1.67. The summed E-state index contributed by atoms with van der Waals surface area (Å²) in [5.74, 6) is -0.117. The van der Waals surface area contributed by atoms with Crippen molar-refractivity contribution in [2.45, 2.75) is 38.3 Å². The standard InChI is InChI=1S/C22H25N3O3S/c1-3-22(26)24-19-10-12-21(13-11-19)29(27,28)23-15-20-9-6-14-25(20)16-18-8-5-4-7-17(18)2/h4-14,23H,3,15-16H2,1-2H3,(H,24,26). The Morgan fingerprint density at radius 3 is 2.41 bits per heavy atom. The molecular formula is C22H25N3O3S. The maximum Gasteiger partial charge on any atom is 0.240 e. The lowest BCUT2D eigenvalue weighted by molar-refractivity contribution is -0.115. The Bertz CT molecular complexity index is 1090. The van der Waals surface area contributed by atoms with E-state index in [1.54, 1.807) is 19.1 Å². The molecule has 0 aliphatic heterocycles. The van der Waals surface area contributed by atoms with E-state index in [0.29, 0.717) is 18.7 Å². The average Bonchev–Trinajstić information content (AvgIpc) is 3.15. The van der Waals surface area contributed by atoms with Gasteiger partial charge in [-0.1, -0.05) is 31.2 Å². The van der Waals surface area contributed by atoms with Gasteiger partial charge < -0.3 is 9.88 Å². The van der Waals surface area contributed by atoms with Crippen molar-refractivity contribution in [2.75, 3.05) is 5.32 Å². The van der Waals surface area contributed by atoms with E-state index in [9.17, 15) is 13.2 Å². The van der Waals surface area contributed by atoms with Crippen LogP contribution in [0.4, 0.5) is 5.69 Å². The van der Waals surface area contributed by atoms with Crippen molar-refractivity contribution in [3.63, 3.8) is 0 Å². The molecule has 0 fully saturated rings. The van der Waals surface area contributed by atoms with Crippen molar-refractivity contribution >= 4 is 21.6 Å². The lowest BCUT2D eigenvalue weighted by atomic mass is 10.1. The van der Waals surface area contributed by atoms with Crippen LogP contribution in [-0.4, -0.2) is 18.9 Å². The van der Waals surface area contributed by atoms with Crippen LogP contribution in [0.5, 0.6) is 0 Å². The van der Waals surface area contributed by atoms with Crippen LogP contribution in [-0.2, 0) is 27.9 Å². The number of anilines is 1. The van der Waals surface area contributed by atoms with Crippen molar-refractivity contribution < 1.29 is 13.2 Å². The molecule has 0 spiro atoms. The number of amides is 1. The smallest absolute Gasteiger partial charge is 0.240 e. The summed E-state index contributed by atoms with van der Waals surface area (Å²) in [6.45, 7) is 4.69. The van der Waals surface area contributed by atoms with Gasteiger partial charge in [0.15, 0.2) is 0 Å². The number of hydrogen-bond acceptors (Lipinski definition) is 3. The number of hydrogen-bond donors (Lipinski definition) is 2.